The Morgan fingerprint density at radius 1 is 1.26 bits per heavy atom. The van der Waals surface area contributed by atoms with Crippen molar-refractivity contribution in [1.82, 2.24) is 4.90 Å². The van der Waals surface area contributed by atoms with Crippen LogP contribution in [-0.2, 0) is 6.42 Å². The normalized spacial score (nSPS) is 16.8. The van der Waals surface area contributed by atoms with Gasteiger partial charge >= 0.3 is 0 Å². The number of benzene rings is 1. The van der Waals surface area contributed by atoms with Crippen LogP contribution in [0.1, 0.15) is 38.2 Å². The Balaban J connectivity index is 1.85. The summed E-state index contributed by atoms with van der Waals surface area (Å²) in [5.74, 6) is 0.956. The van der Waals surface area contributed by atoms with E-state index >= 15 is 0 Å². The Morgan fingerprint density at radius 3 is 2.58 bits per heavy atom. The number of nitrogens with two attached hydrogens (primary N) is 1. The second-order valence-electron chi connectivity index (χ2n) is 5.85. The molecule has 0 amide bonds. The van der Waals surface area contributed by atoms with Crippen molar-refractivity contribution >= 4 is 0 Å². The van der Waals surface area contributed by atoms with Gasteiger partial charge in [-0.05, 0) is 50.1 Å². The van der Waals surface area contributed by atoms with Crippen molar-refractivity contribution in [3.8, 4) is 0 Å². The minimum Gasteiger partial charge on any atom is -0.329 e. The van der Waals surface area contributed by atoms with E-state index in [4.69, 9.17) is 5.73 Å². The van der Waals surface area contributed by atoms with Crippen LogP contribution in [-0.4, -0.2) is 30.6 Å². The van der Waals surface area contributed by atoms with Crippen LogP contribution in [0.3, 0.4) is 0 Å². The number of aryl methyl sites for hydroxylation is 1. The number of rotatable bonds is 9. The fourth-order valence-electron chi connectivity index (χ4n) is 2.77. The first-order chi connectivity index (χ1) is 9.33. The summed E-state index contributed by atoms with van der Waals surface area (Å²) in [5.41, 5.74) is 7.46. The highest BCUT2D eigenvalue weighted by molar-refractivity contribution is 5.14. The maximum Gasteiger partial charge on any atom is 0.0221 e. The molecule has 1 fully saturated rings. The van der Waals surface area contributed by atoms with E-state index in [-0.39, 0.29) is 0 Å². The predicted molar refractivity (Wildman–Crippen MR) is 82.2 cm³/mol. The molecule has 1 atom stereocenters. The molecular formula is C17H28N2. The SMILES string of the molecule is CCCN(CC1CC1)C(CN)CCc1ccccc1. The molecule has 0 aromatic heterocycles. The maximum absolute atomic E-state index is 6.02. The zero-order chi connectivity index (χ0) is 13.5. The maximum atomic E-state index is 6.02. The third-order valence-corrected chi connectivity index (χ3v) is 4.10. The molecule has 0 radical (unpaired) electrons. The molecular weight excluding hydrogens is 232 g/mol. The molecule has 1 unspecified atom stereocenters. The van der Waals surface area contributed by atoms with Crippen molar-refractivity contribution in [2.24, 2.45) is 11.7 Å². The van der Waals surface area contributed by atoms with E-state index in [2.05, 4.69) is 42.2 Å². The van der Waals surface area contributed by atoms with Crippen molar-refractivity contribution < 1.29 is 0 Å². The monoisotopic (exact) mass is 260 g/mol. The molecule has 2 heteroatoms. The van der Waals surface area contributed by atoms with Gasteiger partial charge in [-0.3, -0.25) is 4.90 Å². The fraction of sp³-hybridized carbons (Fsp3) is 0.647. The Bertz CT molecular complexity index is 346. The summed E-state index contributed by atoms with van der Waals surface area (Å²) >= 11 is 0. The summed E-state index contributed by atoms with van der Waals surface area (Å²) in [5, 5.41) is 0. The van der Waals surface area contributed by atoms with Gasteiger partial charge in [0.25, 0.3) is 0 Å². The van der Waals surface area contributed by atoms with E-state index in [0.29, 0.717) is 6.04 Å². The predicted octanol–water partition coefficient (Wildman–Crippen LogP) is 3.07. The molecule has 1 saturated carbocycles. The first-order valence-corrected chi connectivity index (χ1v) is 7.81. The van der Waals surface area contributed by atoms with Crippen LogP contribution in [0.15, 0.2) is 30.3 Å². The number of nitrogens with zero attached hydrogens (tertiary/aromatic N) is 1. The zero-order valence-corrected chi connectivity index (χ0v) is 12.2. The Kier molecular flexibility index (Phi) is 5.87. The Labute approximate surface area is 118 Å². The topological polar surface area (TPSA) is 29.3 Å². The smallest absolute Gasteiger partial charge is 0.0221 e. The third kappa shape index (κ3) is 4.96. The van der Waals surface area contributed by atoms with Crippen molar-refractivity contribution in [3.05, 3.63) is 35.9 Å². The lowest BCUT2D eigenvalue weighted by Crippen LogP contribution is -2.42. The van der Waals surface area contributed by atoms with Crippen LogP contribution >= 0.6 is 0 Å². The van der Waals surface area contributed by atoms with E-state index in [1.807, 2.05) is 0 Å². The van der Waals surface area contributed by atoms with Crippen molar-refractivity contribution in [2.75, 3.05) is 19.6 Å². The van der Waals surface area contributed by atoms with Crippen LogP contribution in [0.2, 0.25) is 0 Å². The van der Waals surface area contributed by atoms with Gasteiger partial charge in [0, 0.05) is 19.1 Å². The van der Waals surface area contributed by atoms with Gasteiger partial charge in [-0.2, -0.15) is 0 Å². The molecule has 0 spiro atoms. The second-order valence-corrected chi connectivity index (χ2v) is 5.85. The molecule has 0 aliphatic heterocycles. The van der Waals surface area contributed by atoms with Gasteiger partial charge in [0.1, 0.15) is 0 Å². The average molecular weight is 260 g/mol. The largest absolute Gasteiger partial charge is 0.329 e. The van der Waals surface area contributed by atoms with Gasteiger partial charge in [0.15, 0.2) is 0 Å². The lowest BCUT2D eigenvalue weighted by molar-refractivity contribution is 0.183. The van der Waals surface area contributed by atoms with E-state index in [0.717, 1.165) is 18.9 Å². The molecule has 2 N–H and O–H groups in total. The van der Waals surface area contributed by atoms with Gasteiger partial charge < -0.3 is 5.73 Å². The standard InChI is InChI=1S/C17H28N2/c1-2-12-19(14-16-8-9-16)17(13-18)11-10-15-6-4-3-5-7-15/h3-7,16-17H,2,8-14,18H2,1H3. The second kappa shape index (κ2) is 7.66. The Hall–Kier alpha value is -0.860. The average Bonchev–Trinajstić information content (AvgIpc) is 3.25. The molecule has 106 valence electrons. The van der Waals surface area contributed by atoms with Gasteiger partial charge in [-0.25, -0.2) is 0 Å². The first-order valence-electron chi connectivity index (χ1n) is 7.81. The van der Waals surface area contributed by atoms with Gasteiger partial charge in [-0.1, -0.05) is 37.3 Å². The molecule has 2 rings (SSSR count). The van der Waals surface area contributed by atoms with E-state index in [1.54, 1.807) is 0 Å². The van der Waals surface area contributed by atoms with E-state index in [9.17, 15) is 0 Å². The van der Waals surface area contributed by atoms with Crippen LogP contribution < -0.4 is 5.73 Å². The lowest BCUT2D eigenvalue weighted by Gasteiger charge is -2.31. The zero-order valence-electron chi connectivity index (χ0n) is 12.2. The molecule has 0 heterocycles. The van der Waals surface area contributed by atoms with Crippen molar-refractivity contribution in [3.63, 3.8) is 0 Å². The summed E-state index contributed by atoms with van der Waals surface area (Å²) in [4.78, 5) is 2.64. The molecule has 1 aliphatic rings. The number of hydrogen-bond donors (Lipinski definition) is 1. The molecule has 19 heavy (non-hydrogen) atoms. The highest BCUT2D eigenvalue weighted by atomic mass is 15.2. The highest BCUT2D eigenvalue weighted by Crippen LogP contribution is 2.30. The van der Waals surface area contributed by atoms with Gasteiger partial charge in [0.2, 0.25) is 0 Å². The van der Waals surface area contributed by atoms with E-state index < -0.39 is 0 Å². The first kappa shape index (κ1) is 14.5. The lowest BCUT2D eigenvalue weighted by atomic mass is 10.0. The van der Waals surface area contributed by atoms with Crippen LogP contribution in [0, 0.1) is 5.92 Å². The van der Waals surface area contributed by atoms with E-state index in [1.165, 1.54) is 44.3 Å². The third-order valence-electron chi connectivity index (χ3n) is 4.10. The minimum atomic E-state index is 0.556. The van der Waals surface area contributed by atoms with Crippen molar-refractivity contribution in [1.29, 1.82) is 0 Å². The molecule has 1 aromatic carbocycles. The summed E-state index contributed by atoms with van der Waals surface area (Å²) in [6, 6.07) is 11.3. The molecule has 2 nitrogen and oxygen atoms in total. The molecule has 1 aliphatic carbocycles. The fourth-order valence-corrected chi connectivity index (χ4v) is 2.77. The summed E-state index contributed by atoms with van der Waals surface area (Å²) in [6.45, 7) is 5.53. The van der Waals surface area contributed by atoms with Gasteiger partial charge in [0.05, 0.1) is 0 Å². The van der Waals surface area contributed by atoms with Gasteiger partial charge in [-0.15, -0.1) is 0 Å². The number of hydrogen-bond acceptors (Lipinski definition) is 2. The van der Waals surface area contributed by atoms with Crippen LogP contribution in [0.4, 0.5) is 0 Å². The highest BCUT2D eigenvalue weighted by Gasteiger charge is 2.27. The van der Waals surface area contributed by atoms with Crippen LogP contribution in [0.25, 0.3) is 0 Å². The molecule has 0 saturated heterocycles. The molecule has 0 bridgehead atoms. The summed E-state index contributed by atoms with van der Waals surface area (Å²) < 4.78 is 0. The van der Waals surface area contributed by atoms with Crippen LogP contribution in [0.5, 0.6) is 0 Å². The summed E-state index contributed by atoms with van der Waals surface area (Å²) in [6.07, 6.45) is 6.42. The Morgan fingerprint density at radius 2 is 2.00 bits per heavy atom. The minimum absolute atomic E-state index is 0.556. The van der Waals surface area contributed by atoms with Crippen molar-refractivity contribution in [2.45, 2.75) is 45.1 Å². The molecule has 1 aromatic rings. The summed E-state index contributed by atoms with van der Waals surface area (Å²) in [7, 11) is 0. The quantitative estimate of drug-likeness (QED) is 0.739.